The summed E-state index contributed by atoms with van der Waals surface area (Å²) in [7, 11) is 0. The second-order valence-electron chi connectivity index (χ2n) is 1.51. The van der Waals surface area contributed by atoms with Crippen LogP contribution in [0, 0.1) is 0 Å². The van der Waals surface area contributed by atoms with E-state index in [1.165, 1.54) is 0 Å². The summed E-state index contributed by atoms with van der Waals surface area (Å²) in [5.74, 6) is 0.653. The van der Waals surface area contributed by atoms with Crippen molar-refractivity contribution in [2.24, 2.45) is 5.16 Å². The maximum Gasteiger partial charge on any atom is 0.157 e. The van der Waals surface area contributed by atoms with Gasteiger partial charge in [-0.05, 0) is 12.1 Å². The van der Waals surface area contributed by atoms with E-state index in [4.69, 9.17) is 6.72 Å². The summed E-state index contributed by atoms with van der Waals surface area (Å²) in [6.45, 7) is 4.76. The van der Waals surface area contributed by atoms with Crippen LogP contribution < -0.4 is 4.84 Å². The number of benzene rings is 1. The van der Waals surface area contributed by atoms with E-state index < -0.39 is 0 Å². The van der Waals surface area contributed by atoms with Gasteiger partial charge in [0, 0.05) is 0 Å². The maximum atomic E-state index is 4.76. The van der Waals surface area contributed by atoms with Crippen LogP contribution in [-0.2, 0) is 0 Å². The third kappa shape index (κ3) is 1.57. The highest BCUT2D eigenvalue weighted by atomic mass is 16.6. The second-order valence-corrected chi connectivity index (χ2v) is 1.51. The lowest BCUT2D eigenvalue weighted by atomic mass is 10.3. The Labute approximate surface area is 53.8 Å². The Hall–Kier alpha value is -1.31. The minimum absolute atomic E-state index is 0.653. The van der Waals surface area contributed by atoms with Crippen molar-refractivity contribution in [3.63, 3.8) is 0 Å². The number of hydrogen-bond donors (Lipinski definition) is 0. The van der Waals surface area contributed by atoms with Crippen LogP contribution in [0.2, 0.25) is 0 Å². The van der Waals surface area contributed by atoms with Crippen LogP contribution in [0.4, 0.5) is 0 Å². The summed E-state index contributed by atoms with van der Waals surface area (Å²) in [5, 5.41) is 3.01. The number of hydrogen-bond acceptors (Lipinski definition) is 2. The predicted molar refractivity (Wildman–Crippen MR) is 35.6 cm³/mol. The van der Waals surface area contributed by atoms with Crippen LogP contribution in [0.5, 0.6) is 5.75 Å². The number of para-hydroxylation sites is 1. The Morgan fingerprint density at radius 1 is 1.22 bits per heavy atom. The molecule has 0 aliphatic carbocycles. The van der Waals surface area contributed by atoms with E-state index in [1.54, 1.807) is 12.1 Å². The van der Waals surface area contributed by atoms with Gasteiger partial charge in [-0.25, -0.2) is 0 Å². The third-order valence-electron chi connectivity index (χ3n) is 0.901. The van der Waals surface area contributed by atoms with Gasteiger partial charge in [0.15, 0.2) is 5.75 Å². The molecule has 2 nitrogen and oxygen atoms in total. The first-order valence-electron chi connectivity index (χ1n) is 2.56. The molecular formula is C7H6NO. The minimum Gasteiger partial charge on any atom is -0.357 e. The molecule has 0 aromatic heterocycles. The van der Waals surface area contributed by atoms with Gasteiger partial charge in [0.2, 0.25) is 0 Å². The molecule has 1 rings (SSSR count). The summed E-state index contributed by atoms with van der Waals surface area (Å²) in [4.78, 5) is 4.61. The van der Waals surface area contributed by atoms with E-state index in [0.29, 0.717) is 5.75 Å². The molecule has 0 heterocycles. The Bertz CT molecular complexity index is 183. The van der Waals surface area contributed by atoms with Gasteiger partial charge in [-0.15, -0.1) is 0 Å². The van der Waals surface area contributed by atoms with Crippen molar-refractivity contribution in [1.29, 1.82) is 0 Å². The topological polar surface area (TPSA) is 21.6 Å². The van der Waals surface area contributed by atoms with Crippen molar-refractivity contribution in [2.75, 3.05) is 0 Å². The predicted octanol–water partition coefficient (Wildman–Crippen LogP) is 1.56. The highest BCUT2D eigenvalue weighted by molar-refractivity contribution is 5.25. The Morgan fingerprint density at radius 2 is 1.89 bits per heavy atom. The molecule has 9 heavy (non-hydrogen) atoms. The van der Waals surface area contributed by atoms with Gasteiger partial charge in [0.25, 0.3) is 0 Å². The zero-order valence-electron chi connectivity index (χ0n) is 4.82. The molecule has 0 amide bonds. The zero-order valence-corrected chi connectivity index (χ0v) is 4.82. The molecule has 0 aliphatic heterocycles. The molecule has 45 valence electrons. The van der Waals surface area contributed by atoms with Gasteiger partial charge in [-0.3, -0.25) is 0 Å². The van der Waals surface area contributed by atoms with Gasteiger partial charge in [-0.1, -0.05) is 23.4 Å². The molecular weight excluding hydrogens is 114 g/mol. The lowest BCUT2D eigenvalue weighted by Gasteiger charge is -1.92. The summed E-state index contributed by atoms with van der Waals surface area (Å²) < 4.78 is 0. The standard InChI is InChI=1S/C7H6NO/c1-8-9-7-5-3-2-4-6-7/h1-6H. The molecule has 0 atom stereocenters. The number of rotatable bonds is 2. The van der Waals surface area contributed by atoms with Crippen molar-refractivity contribution >= 4 is 6.72 Å². The average Bonchev–Trinajstić information content (AvgIpc) is 1.91. The van der Waals surface area contributed by atoms with Crippen molar-refractivity contribution in [1.82, 2.24) is 0 Å². The fourth-order valence-electron chi connectivity index (χ4n) is 0.542. The molecule has 0 aliphatic rings. The minimum atomic E-state index is 0.653. The van der Waals surface area contributed by atoms with Crippen molar-refractivity contribution in [2.45, 2.75) is 0 Å². The van der Waals surface area contributed by atoms with Crippen molar-refractivity contribution in [3.05, 3.63) is 30.3 Å². The van der Waals surface area contributed by atoms with Crippen LogP contribution in [0.15, 0.2) is 35.5 Å². The van der Waals surface area contributed by atoms with Crippen molar-refractivity contribution < 1.29 is 4.84 Å². The smallest absolute Gasteiger partial charge is 0.157 e. The molecule has 1 aromatic rings. The summed E-state index contributed by atoms with van der Waals surface area (Å²) >= 11 is 0. The largest absolute Gasteiger partial charge is 0.357 e. The lowest BCUT2D eigenvalue weighted by molar-refractivity contribution is 0.345. The first-order valence-corrected chi connectivity index (χ1v) is 2.56. The normalized spacial score (nSPS) is 8.44. The van der Waals surface area contributed by atoms with Gasteiger partial charge >= 0.3 is 0 Å². The fourth-order valence-corrected chi connectivity index (χ4v) is 0.542. The Morgan fingerprint density at radius 3 is 2.44 bits per heavy atom. The summed E-state index contributed by atoms with van der Waals surface area (Å²) in [5.41, 5.74) is 0. The van der Waals surface area contributed by atoms with E-state index in [1.807, 2.05) is 18.2 Å². The van der Waals surface area contributed by atoms with E-state index in [2.05, 4.69) is 9.99 Å². The second kappa shape index (κ2) is 2.87. The highest BCUT2D eigenvalue weighted by Gasteiger charge is 1.84. The molecule has 0 fully saturated rings. The van der Waals surface area contributed by atoms with Crippen LogP contribution >= 0.6 is 0 Å². The SMILES string of the molecule is [CH]=NOc1ccccc1. The molecule has 0 bridgehead atoms. The van der Waals surface area contributed by atoms with Gasteiger partial charge < -0.3 is 4.84 Å². The molecule has 0 unspecified atom stereocenters. The van der Waals surface area contributed by atoms with E-state index in [0.717, 1.165) is 0 Å². The van der Waals surface area contributed by atoms with Crippen LogP contribution in [0.1, 0.15) is 0 Å². The van der Waals surface area contributed by atoms with E-state index in [9.17, 15) is 0 Å². The summed E-state index contributed by atoms with van der Waals surface area (Å²) in [6, 6.07) is 9.14. The molecule has 0 saturated carbocycles. The summed E-state index contributed by atoms with van der Waals surface area (Å²) in [6.07, 6.45) is 0. The first-order chi connectivity index (χ1) is 4.43. The monoisotopic (exact) mass is 120 g/mol. The fraction of sp³-hybridized carbons (Fsp3) is 0. The molecule has 0 N–H and O–H groups in total. The Kier molecular flexibility index (Phi) is 1.85. The average molecular weight is 120 g/mol. The zero-order chi connectivity index (χ0) is 6.53. The third-order valence-corrected chi connectivity index (χ3v) is 0.901. The van der Waals surface area contributed by atoms with Gasteiger partial charge in [0.1, 0.15) is 0 Å². The van der Waals surface area contributed by atoms with Gasteiger partial charge in [0.05, 0.1) is 6.72 Å². The van der Waals surface area contributed by atoms with Crippen molar-refractivity contribution in [3.8, 4) is 5.75 Å². The van der Waals surface area contributed by atoms with Gasteiger partial charge in [-0.2, -0.15) is 0 Å². The quantitative estimate of drug-likeness (QED) is 0.428. The maximum absolute atomic E-state index is 4.76. The van der Waals surface area contributed by atoms with Crippen LogP contribution in [0.3, 0.4) is 0 Å². The molecule has 0 saturated heterocycles. The number of nitrogens with zero attached hydrogens (tertiary/aromatic N) is 1. The molecule has 2 heteroatoms. The van der Waals surface area contributed by atoms with Crippen LogP contribution in [-0.4, -0.2) is 6.72 Å². The lowest BCUT2D eigenvalue weighted by Crippen LogP contribution is -1.77. The first kappa shape index (κ1) is 5.82. The molecule has 1 aromatic carbocycles. The van der Waals surface area contributed by atoms with Crippen LogP contribution in [0.25, 0.3) is 0 Å². The molecule has 1 radical (unpaired) electrons. The Balaban J connectivity index is 2.72. The molecule has 0 spiro atoms. The van der Waals surface area contributed by atoms with E-state index in [-0.39, 0.29) is 0 Å². The highest BCUT2D eigenvalue weighted by Crippen LogP contribution is 2.07. The van der Waals surface area contributed by atoms with E-state index >= 15 is 0 Å².